The number of furan rings is 1. The summed E-state index contributed by atoms with van der Waals surface area (Å²) in [5.74, 6) is -0.613. The Hall–Kier alpha value is -2.50. The van der Waals surface area contributed by atoms with E-state index in [1.807, 2.05) is 29.7 Å². The maximum Gasteiger partial charge on any atom is 0.455 e. The van der Waals surface area contributed by atoms with E-state index in [9.17, 15) is 24.8 Å². The number of likely N-dealkylation sites (tertiary alicyclic amines) is 1. The van der Waals surface area contributed by atoms with Crippen LogP contribution in [0.4, 0.5) is 0 Å². The van der Waals surface area contributed by atoms with E-state index in [0.717, 1.165) is 28.0 Å². The van der Waals surface area contributed by atoms with Crippen molar-refractivity contribution >= 4 is 36.3 Å². The monoisotopic (exact) mass is 525 g/mol. The van der Waals surface area contributed by atoms with Crippen LogP contribution in [0.5, 0.6) is 0 Å². The highest BCUT2D eigenvalue weighted by molar-refractivity contribution is 7.09. The van der Waals surface area contributed by atoms with Crippen molar-refractivity contribution in [1.82, 2.24) is 4.90 Å². The summed E-state index contributed by atoms with van der Waals surface area (Å²) >= 11 is 1.51. The van der Waals surface area contributed by atoms with Crippen LogP contribution in [0.3, 0.4) is 0 Å². The number of rotatable bonds is 9. The van der Waals surface area contributed by atoms with E-state index in [4.69, 9.17) is 9.07 Å². The fourth-order valence-corrected chi connectivity index (χ4v) is 6.81. The van der Waals surface area contributed by atoms with E-state index < -0.39 is 25.1 Å². The van der Waals surface area contributed by atoms with Crippen LogP contribution in [0.25, 0.3) is 6.08 Å². The van der Waals surface area contributed by atoms with Crippen molar-refractivity contribution in [2.45, 2.75) is 58.2 Å². The molecule has 2 amide bonds. The molecule has 2 aliphatic heterocycles. The van der Waals surface area contributed by atoms with E-state index in [2.05, 4.69) is 6.92 Å². The lowest BCUT2D eigenvalue weighted by Crippen LogP contribution is -2.46. The molecule has 8 nitrogen and oxygen atoms in total. The van der Waals surface area contributed by atoms with Gasteiger partial charge in [0, 0.05) is 4.88 Å². The van der Waals surface area contributed by atoms with Gasteiger partial charge in [0.25, 0.3) is 0 Å². The molecule has 0 spiro atoms. The maximum atomic E-state index is 13.5. The number of carbonyl (C=O) groups excluding carboxylic acids is 2. The molecule has 0 radical (unpaired) electrons. The highest BCUT2D eigenvalue weighted by Gasteiger charge is 2.57. The van der Waals surface area contributed by atoms with Gasteiger partial charge in [0.1, 0.15) is 18.1 Å². The average Bonchev–Trinajstić information content (AvgIpc) is 3.63. The summed E-state index contributed by atoms with van der Waals surface area (Å²) < 4.78 is 11.6. The number of hydrogen-bond acceptors (Lipinski definition) is 8. The molecule has 37 heavy (non-hydrogen) atoms. The van der Waals surface area contributed by atoms with Gasteiger partial charge in [-0.15, -0.1) is 11.3 Å². The van der Waals surface area contributed by atoms with Crippen LogP contribution in [-0.2, 0) is 27.4 Å². The Bertz CT molecular complexity index is 1200. The van der Waals surface area contributed by atoms with E-state index in [-0.39, 0.29) is 43.8 Å². The highest BCUT2D eigenvalue weighted by atomic mass is 32.1. The van der Waals surface area contributed by atoms with Crippen molar-refractivity contribution in [2.24, 2.45) is 17.8 Å². The first-order chi connectivity index (χ1) is 17.9. The second-order valence-corrected chi connectivity index (χ2v) is 11.0. The van der Waals surface area contributed by atoms with Gasteiger partial charge >= 0.3 is 7.12 Å². The van der Waals surface area contributed by atoms with Crippen LogP contribution in [0.15, 0.2) is 50.8 Å². The zero-order valence-electron chi connectivity index (χ0n) is 20.8. The Morgan fingerprint density at radius 1 is 1.19 bits per heavy atom. The Kier molecular flexibility index (Phi) is 7.83. The number of amides is 2. The van der Waals surface area contributed by atoms with Crippen molar-refractivity contribution in [2.75, 3.05) is 6.61 Å². The summed E-state index contributed by atoms with van der Waals surface area (Å²) in [5.41, 5.74) is 2.75. The lowest BCUT2D eigenvalue weighted by molar-refractivity contribution is -0.140. The van der Waals surface area contributed by atoms with Crippen molar-refractivity contribution in [3.8, 4) is 0 Å². The van der Waals surface area contributed by atoms with Gasteiger partial charge in [-0.05, 0) is 78.7 Å². The SMILES string of the molecule is CC/C(=C\c1ccc(CO)o1)CC[C@H]1OB(O)C[C@H]2C1=C(CO)C[C@H]1C(=O)N(Cc3cccs3)C(=O)[C@H]12. The summed E-state index contributed by atoms with van der Waals surface area (Å²) in [6.07, 6.45) is 4.09. The molecule has 1 aliphatic carbocycles. The van der Waals surface area contributed by atoms with Gasteiger partial charge in [-0.1, -0.05) is 18.6 Å². The summed E-state index contributed by atoms with van der Waals surface area (Å²) in [5, 5.41) is 32.1. The van der Waals surface area contributed by atoms with Crippen LogP contribution in [-0.4, -0.2) is 51.8 Å². The smallest absolute Gasteiger partial charge is 0.455 e. The topological polar surface area (TPSA) is 120 Å². The number of aliphatic hydroxyl groups is 2. The predicted molar refractivity (Wildman–Crippen MR) is 139 cm³/mol. The molecule has 0 saturated carbocycles. The van der Waals surface area contributed by atoms with Crippen LogP contribution in [0, 0.1) is 17.8 Å². The molecular weight excluding hydrogens is 493 g/mol. The standard InChI is InChI=1S/C27H32BNO7S/c1-2-16(10-18-6-7-19(15-31)35-18)5-8-23-24-17(14-30)11-21-25(22(24)12-28(34)36-23)27(33)29(26(21)32)13-20-4-3-9-37-20/h3-4,6-7,9-10,21-23,25,30-31,34H,2,5,8,11-15H2,1H3/b16-10+/t21-,22+,23-,25-/m1/s1. The normalized spacial score (nSPS) is 26.2. The molecule has 3 N–H and O–H groups in total. The summed E-state index contributed by atoms with van der Waals surface area (Å²) in [4.78, 5) is 29.2. The fraction of sp³-hybridized carbons (Fsp3) is 0.481. The quantitative estimate of drug-likeness (QED) is 0.261. The van der Waals surface area contributed by atoms with Gasteiger partial charge in [-0.3, -0.25) is 14.5 Å². The first-order valence-corrected chi connectivity index (χ1v) is 13.7. The number of nitrogens with zero attached hydrogens (tertiary/aromatic N) is 1. The molecule has 2 aromatic heterocycles. The predicted octanol–water partition coefficient (Wildman–Crippen LogP) is 3.40. The van der Waals surface area contributed by atoms with Gasteiger partial charge < -0.3 is 24.3 Å². The number of carbonyl (C=O) groups is 2. The Balaban J connectivity index is 1.38. The van der Waals surface area contributed by atoms with Gasteiger partial charge in [0.05, 0.1) is 31.1 Å². The molecule has 2 fully saturated rings. The van der Waals surface area contributed by atoms with Crippen LogP contribution < -0.4 is 0 Å². The lowest BCUT2D eigenvalue weighted by atomic mass is 9.58. The average molecular weight is 525 g/mol. The second kappa shape index (κ2) is 11.1. The molecule has 2 aromatic rings. The zero-order valence-corrected chi connectivity index (χ0v) is 21.7. The number of allylic oxidation sites excluding steroid dienone is 1. The molecule has 4 atom stereocenters. The molecule has 5 rings (SSSR count). The molecule has 0 unspecified atom stereocenters. The van der Waals surface area contributed by atoms with Gasteiger partial charge in [-0.2, -0.15) is 0 Å². The number of imide groups is 1. The van der Waals surface area contributed by atoms with Crippen LogP contribution in [0.2, 0.25) is 6.32 Å². The number of fused-ring (bicyclic) bond motifs is 3. The summed E-state index contributed by atoms with van der Waals surface area (Å²) in [6.45, 7) is 1.95. The van der Waals surface area contributed by atoms with Crippen molar-refractivity contribution in [1.29, 1.82) is 0 Å². The Morgan fingerprint density at radius 3 is 2.70 bits per heavy atom. The van der Waals surface area contributed by atoms with Gasteiger partial charge in [0.15, 0.2) is 0 Å². The minimum absolute atomic E-state index is 0.156. The molecule has 0 aromatic carbocycles. The maximum absolute atomic E-state index is 13.5. The van der Waals surface area contributed by atoms with Crippen molar-refractivity contribution in [3.05, 3.63) is 62.8 Å². The number of thiophene rings is 1. The van der Waals surface area contributed by atoms with E-state index in [1.165, 1.54) is 16.2 Å². The van der Waals surface area contributed by atoms with Crippen molar-refractivity contribution < 1.29 is 33.9 Å². The Morgan fingerprint density at radius 2 is 2.03 bits per heavy atom. The van der Waals surface area contributed by atoms with Crippen LogP contribution >= 0.6 is 11.3 Å². The molecule has 10 heteroatoms. The third-order valence-corrected chi connectivity index (χ3v) is 8.71. The summed E-state index contributed by atoms with van der Waals surface area (Å²) in [6, 6.07) is 7.37. The fourth-order valence-electron chi connectivity index (χ4n) is 6.12. The zero-order chi connectivity index (χ0) is 26.1. The van der Waals surface area contributed by atoms with E-state index in [0.29, 0.717) is 30.8 Å². The van der Waals surface area contributed by atoms with E-state index >= 15 is 0 Å². The van der Waals surface area contributed by atoms with Crippen molar-refractivity contribution in [3.63, 3.8) is 0 Å². The summed E-state index contributed by atoms with van der Waals surface area (Å²) in [7, 11) is -1.04. The first kappa shape index (κ1) is 26.1. The van der Waals surface area contributed by atoms with E-state index in [1.54, 1.807) is 6.07 Å². The first-order valence-electron chi connectivity index (χ1n) is 12.9. The van der Waals surface area contributed by atoms with Gasteiger partial charge in [-0.25, -0.2) is 0 Å². The lowest BCUT2D eigenvalue weighted by Gasteiger charge is -2.43. The molecule has 4 heterocycles. The highest BCUT2D eigenvalue weighted by Crippen LogP contribution is 2.50. The largest absolute Gasteiger partial charge is 0.459 e. The minimum atomic E-state index is -1.04. The molecular formula is C27H32BNO7S. The second-order valence-electron chi connectivity index (χ2n) is 9.97. The third-order valence-electron chi connectivity index (χ3n) is 7.85. The Labute approximate surface area is 220 Å². The van der Waals surface area contributed by atoms with Gasteiger partial charge in [0.2, 0.25) is 11.8 Å². The molecule has 3 aliphatic rings. The minimum Gasteiger partial charge on any atom is -0.459 e. The molecule has 196 valence electrons. The van der Waals surface area contributed by atoms with Crippen LogP contribution in [0.1, 0.15) is 49.0 Å². The number of aliphatic hydroxyl groups excluding tert-OH is 2. The number of hydrogen-bond donors (Lipinski definition) is 3. The molecule has 0 bridgehead atoms. The molecule has 2 saturated heterocycles. The third kappa shape index (κ3) is 5.13.